The second-order valence-corrected chi connectivity index (χ2v) is 11.6. The topological polar surface area (TPSA) is 58.2 Å². The average Bonchev–Trinajstić information content (AvgIpc) is 2.80. The van der Waals surface area contributed by atoms with E-state index in [1.807, 2.05) is 42.5 Å². The monoisotopic (exact) mass is 462 g/mol. The highest BCUT2D eigenvalue weighted by molar-refractivity contribution is 8.00. The van der Waals surface area contributed by atoms with Crippen LogP contribution in [0.15, 0.2) is 59.5 Å². The fourth-order valence-corrected chi connectivity index (χ4v) is 7.61. The van der Waals surface area contributed by atoms with E-state index in [0.29, 0.717) is 17.9 Å². The van der Waals surface area contributed by atoms with E-state index < -0.39 is 0 Å². The van der Waals surface area contributed by atoms with Crippen molar-refractivity contribution in [3.63, 3.8) is 0 Å². The Bertz CT molecular complexity index is 971. The Morgan fingerprint density at radius 2 is 1.55 bits per heavy atom. The van der Waals surface area contributed by atoms with Crippen molar-refractivity contribution in [1.82, 2.24) is 10.6 Å². The van der Waals surface area contributed by atoms with Crippen LogP contribution in [-0.2, 0) is 4.79 Å². The molecule has 0 heterocycles. The lowest BCUT2D eigenvalue weighted by atomic mass is 9.53. The van der Waals surface area contributed by atoms with Crippen LogP contribution < -0.4 is 10.6 Å². The number of hydrogen-bond acceptors (Lipinski definition) is 3. The van der Waals surface area contributed by atoms with Crippen LogP contribution in [0.1, 0.15) is 67.3 Å². The summed E-state index contributed by atoms with van der Waals surface area (Å²) < 4.78 is 0. The minimum atomic E-state index is -0.0811. The van der Waals surface area contributed by atoms with Crippen molar-refractivity contribution in [2.24, 2.45) is 17.8 Å². The lowest BCUT2D eigenvalue weighted by Crippen LogP contribution is -2.60. The van der Waals surface area contributed by atoms with Crippen molar-refractivity contribution in [1.29, 1.82) is 0 Å². The molecule has 4 aliphatic rings. The van der Waals surface area contributed by atoms with Gasteiger partial charge in [-0.15, -0.1) is 11.8 Å². The minimum Gasteiger partial charge on any atom is -0.351 e. The van der Waals surface area contributed by atoms with Crippen molar-refractivity contribution >= 4 is 23.6 Å². The molecule has 0 unspecified atom stereocenters. The highest BCUT2D eigenvalue weighted by atomic mass is 32.2. The smallest absolute Gasteiger partial charge is 0.252 e. The molecule has 4 fully saturated rings. The summed E-state index contributed by atoms with van der Waals surface area (Å²) in [5, 5.41) is 6.52. The normalized spacial score (nSPS) is 28.3. The SMILES string of the molecule is C[C@@H](CNC(=O)c1ccccc1SCC(=O)NC12CC3CC(CC(C3)C1)C2)c1ccccc1. The summed E-state index contributed by atoms with van der Waals surface area (Å²) in [7, 11) is 0. The molecule has 2 amide bonds. The standard InChI is InChI=1S/C28H34N2O2S/c1-19(23-7-3-2-4-8-23)17-29-27(32)24-9-5-6-10-25(24)33-18-26(31)30-28-14-20-11-21(15-28)13-22(12-20)16-28/h2-10,19-22H,11-18H2,1H3,(H,29,32)(H,30,31)/t19-,20?,21?,22?,28?/m0/s1. The van der Waals surface area contributed by atoms with Gasteiger partial charge < -0.3 is 10.6 Å². The molecule has 4 bridgehead atoms. The van der Waals surface area contributed by atoms with Crippen LogP contribution in [0, 0.1) is 17.8 Å². The van der Waals surface area contributed by atoms with E-state index in [1.165, 1.54) is 36.6 Å². The van der Waals surface area contributed by atoms with Crippen LogP contribution >= 0.6 is 11.8 Å². The molecule has 0 spiro atoms. The highest BCUT2D eigenvalue weighted by Gasteiger charge is 2.51. The number of nitrogens with one attached hydrogen (secondary N) is 2. The molecule has 0 saturated heterocycles. The fraction of sp³-hybridized carbons (Fsp3) is 0.500. The van der Waals surface area contributed by atoms with Crippen molar-refractivity contribution < 1.29 is 9.59 Å². The molecule has 2 aromatic rings. The molecule has 0 radical (unpaired) electrons. The van der Waals surface area contributed by atoms with E-state index in [-0.39, 0.29) is 23.3 Å². The van der Waals surface area contributed by atoms with E-state index in [0.717, 1.165) is 41.9 Å². The molecule has 4 aliphatic carbocycles. The quantitative estimate of drug-likeness (QED) is 0.517. The molecule has 174 valence electrons. The molecular weight excluding hydrogens is 428 g/mol. The zero-order valence-corrected chi connectivity index (χ0v) is 20.2. The maximum atomic E-state index is 12.9. The average molecular weight is 463 g/mol. The Morgan fingerprint density at radius 1 is 0.939 bits per heavy atom. The number of benzene rings is 2. The summed E-state index contributed by atoms with van der Waals surface area (Å²) >= 11 is 1.47. The van der Waals surface area contributed by atoms with Crippen molar-refractivity contribution in [3.05, 3.63) is 65.7 Å². The molecule has 1 atom stereocenters. The third-order valence-electron chi connectivity index (χ3n) is 7.87. The predicted molar refractivity (Wildman–Crippen MR) is 133 cm³/mol. The molecule has 2 N–H and O–H groups in total. The predicted octanol–water partition coefficient (Wildman–Crippen LogP) is 5.40. The fourth-order valence-electron chi connectivity index (χ4n) is 6.76. The van der Waals surface area contributed by atoms with Gasteiger partial charge >= 0.3 is 0 Å². The van der Waals surface area contributed by atoms with Gasteiger partial charge in [-0.05, 0) is 79.9 Å². The molecule has 4 nitrogen and oxygen atoms in total. The zero-order chi connectivity index (χ0) is 22.8. The third-order valence-corrected chi connectivity index (χ3v) is 8.94. The molecule has 5 heteroatoms. The van der Waals surface area contributed by atoms with E-state index in [4.69, 9.17) is 0 Å². The summed E-state index contributed by atoms with van der Waals surface area (Å²) in [5.41, 5.74) is 1.89. The van der Waals surface area contributed by atoms with Gasteiger partial charge in [0, 0.05) is 17.0 Å². The van der Waals surface area contributed by atoms with Crippen molar-refractivity contribution in [2.75, 3.05) is 12.3 Å². The summed E-state index contributed by atoms with van der Waals surface area (Å²) in [4.78, 5) is 26.7. The zero-order valence-electron chi connectivity index (χ0n) is 19.4. The van der Waals surface area contributed by atoms with E-state index >= 15 is 0 Å². The molecule has 6 rings (SSSR count). The van der Waals surface area contributed by atoms with Crippen LogP contribution in [-0.4, -0.2) is 29.7 Å². The van der Waals surface area contributed by atoms with Crippen molar-refractivity contribution in [3.8, 4) is 0 Å². The first-order valence-corrected chi connectivity index (χ1v) is 13.3. The first-order chi connectivity index (χ1) is 16.0. The number of carbonyl (C=O) groups is 2. The van der Waals surface area contributed by atoms with Crippen molar-refractivity contribution in [2.45, 2.75) is 61.8 Å². The summed E-state index contributed by atoms with van der Waals surface area (Å²) in [6, 6.07) is 17.8. The number of carbonyl (C=O) groups excluding carboxylic acids is 2. The Balaban J connectivity index is 1.16. The number of hydrogen-bond donors (Lipinski definition) is 2. The first-order valence-electron chi connectivity index (χ1n) is 12.4. The van der Waals surface area contributed by atoms with Crippen LogP contribution in [0.5, 0.6) is 0 Å². The summed E-state index contributed by atoms with van der Waals surface area (Å²) in [5.74, 6) is 3.05. The van der Waals surface area contributed by atoms with Gasteiger partial charge in [-0.2, -0.15) is 0 Å². The van der Waals surface area contributed by atoms with Gasteiger partial charge in [0.05, 0.1) is 11.3 Å². The van der Waals surface area contributed by atoms with Gasteiger partial charge in [-0.3, -0.25) is 9.59 Å². The number of thioether (sulfide) groups is 1. The second kappa shape index (κ2) is 9.54. The maximum Gasteiger partial charge on any atom is 0.252 e. The molecule has 2 aromatic carbocycles. The Kier molecular flexibility index (Phi) is 6.51. The van der Waals surface area contributed by atoms with Gasteiger partial charge in [0.15, 0.2) is 0 Å². The number of rotatable bonds is 8. The van der Waals surface area contributed by atoms with E-state index in [9.17, 15) is 9.59 Å². The molecule has 33 heavy (non-hydrogen) atoms. The van der Waals surface area contributed by atoms with Crippen LogP contribution in [0.2, 0.25) is 0 Å². The minimum absolute atomic E-state index is 0.0386. The van der Waals surface area contributed by atoms with Gasteiger partial charge in [-0.1, -0.05) is 49.4 Å². The molecule has 4 saturated carbocycles. The molecular formula is C28H34N2O2S. The van der Waals surface area contributed by atoms with Gasteiger partial charge in [0.25, 0.3) is 5.91 Å². The molecule has 0 aliphatic heterocycles. The number of amides is 2. The van der Waals surface area contributed by atoms with Crippen LogP contribution in [0.4, 0.5) is 0 Å². The largest absolute Gasteiger partial charge is 0.351 e. The van der Waals surface area contributed by atoms with E-state index in [2.05, 4.69) is 29.7 Å². The maximum absolute atomic E-state index is 12.9. The molecule has 0 aromatic heterocycles. The highest BCUT2D eigenvalue weighted by Crippen LogP contribution is 2.55. The van der Waals surface area contributed by atoms with Crippen LogP contribution in [0.3, 0.4) is 0 Å². The lowest BCUT2D eigenvalue weighted by Gasteiger charge is -2.56. The van der Waals surface area contributed by atoms with Gasteiger partial charge in [0.1, 0.15) is 0 Å². The van der Waals surface area contributed by atoms with Crippen LogP contribution in [0.25, 0.3) is 0 Å². The Hall–Kier alpha value is -2.27. The lowest BCUT2D eigenvalue weighted by molar-refractivity contribution is -0.124. The first kappa shape index (κ1) is 22.5. The Labute approximate surface area is 201 Å². The van der Waals surface area contributed by atoms with Gasteiger partial charge in [0.2, 0.25) is 5.91 Å². The summed E-state index contributed by atoms with van der Waals surface area (Å²) in [6.45, 7) is 2.69. The second-order valence-electron chi connectivity index (χ2n) is 10.6. The van der Waals surface area contributed by atoms with E-state index in [1.54, 1.807) is 0 Å². The Morgan fingerprint density at radius 3 is 2.21 bits per heavy atom. The summed E-state index contributed by atoms with van der Waals surface area (Å²) in [6.07, 6.45) is 7.59. The van der Waals surface area contributed by atoms with Gasteiger partial charge in [-0.25, -0.2) is 0 Å². The third kappa shape index (κ3) is 5.13.